The predicted octanol–water partition coefficient (Wildman–Crippen LogP) is 1.93. The van der Waals surface area contributed by atoms with Gasteiger partial charge in [-0.1, -0.05) is 0 Å². The molecule has 1 aromatic heterocycles. The highest BCUT2D eigenvalue weighted by atomic mass is 16.2. The first-order valence-corrected chi connectivity index (χ1v) is 7.15. The Labute approximate surface area is 122 Å². The molecule has 0 aromatic carbocycles. The van der Waals surface area contributed by atoms with Crippen molar-refractivity contribution in [1.29, 1.82) is 0 Å². The van der Waals surface area contributed by atoms with E-state index < -0.39 is 0 Å². The first kappa shape index (κ1) is 16.4. The van der Waals surface area contributed by atoms with Crippen molar-refractivity contribution in [3.63, 3.8) is 0 Å². The van der Waals surface area contributed by atoms with Crippen LogP contribution in [0, 0.1) is 0 Å². The monoisotopic (exact) mass is 278 g/mol. The lowest BCUT2D eigenvalue weighted by Gasteiger charge is -2.21. The molecule has 1 rings (SSSR count). The van der Waals surface area contributed by atoms with E-state index in [9.17, 15) is 4.79 Å². The molecule has 1 heterocycles. The van der Waals surface area contributed by atoms with E-state index in [0.29, 0.717) is 24.8 Å². The van der Waals surface area contributed by atoms with Crippen LogP contribution in [0.5, 0.6) is 0 Å². The number of aromatic nitrogens is 1. The van der Waals surface area contributed by atoms with Crippen LogP contribution in [-0.2, 0) is 0 Å². The molecule has 1 unspecified atom stereocenters. The van der Waals surface area contributed by atoms with E-state index in [-0.39, 0.29) is 5.91 Å². The zero-order valence-corrected chi connectivity index (χ0v) is 13.2. The third-order valence-electron chi connectivity index (χ3n) is 3.51. The van der Waals surface area contributed by atoms with Gasteiger partial charge in [-0.3, -0.25) is 9.78 Å². The Morgan fingerprint density at radius 2 is 2.00 bits per heavy atom. The van der Waals surface area contributed by atoms with Gasteiger partial charge >= 0.3 is 0 Å². The number of likely N-dealkylation sites (N-methyl/N-ethyl adjacent to an activating group) is 1. The lowest BCUT2D eigenvalue weighted by atomic mass is 10.2. The van der Waals surface area contributed by atoms with Gasteiger partial charge in [-0.05, 0) is 47.0 Å². The Morgan fingerprint density at radius 1 is 1.35 bits per heavy atom. The molecule has 0 aliphatic heterocycles. The quantitative estimate of drug-likeness (QED) is 0.828. The zero-order chi connectivity index (χ0) is 15.1. The molecule has 0 aliphatic rings. The van der Waals surface area contributed by atoms with Crippen LogP contribution < -0.4 is 5.32 Å². The molecule has 0 saturated heterocycles. The topological polar surface area (TPSA) is 48.5 Å². The maximum Gasteiger partial charge on any atom is 0.272 e. The van der Waals surface area contributed by atoms with Gasteiger partial charge in [0.25, 0.3) is 5.91 Å². The number of rotatable bonds is 7. The van der Waals surface area contributed by atoms with E-state index in [2.05, 4.69) is 22.1 Å². The number of amides is 1. The number of carbonyl (C=O) groups is 1. The summed E-state index contributed by atoms with van der Waals surface area (Å²) in [5, 5.41) is 3.34. The normalized spacial score (nSPS) is 12.3. The molecule has 1 atom stereocenters. The summed E-state index contributed by atoms with van der Waals surface area (Å²) in [5.74, 6) is -0.0145. The summed E-state index contributed by atoms with van der Waals surface area (Å²) in [7, 11) is 4.10. The molecule has 5 nitrogen and oxygen atoms in total. The van der Waals surface area contributed by atoms with Crippen molar-refractivity contribution in [2.24, 2.45) is 0 Å². The summed E-state index contributed by atoms with van der Waals surface area (Å²) in [6.45, 7) is 8.33. The number of pyridine rings is 1. The van der Waals surface area contributed by atoms with Crippen LogP contribution in [-0.4, -0.2) is 60.5 Å². The average molecular weight is 278 g/mol. The third kappa shape index (κ3) is 4.49. The van der Waals surface area contributed by atoms with Gasteiger partial charge in [-0.15, -0.1) is 0 Å². The van der Waals surface area contributed by atoms with Crippen molar-refractivity contribution in [2.75, 3.05) is 39.0 Å². The second kappa shape index (κ2) is 7.85. The van der Waals surface area contributed by atoms with Gasteiger partial charge in [0.2, 0.25) is 0 Å². The maximum absolute atomic E-state index is 12.2. The lowest BCUT2D eigenvalue weighted by molar-refractivity contribution is 0.0767. The Kier molecular flexibility index (Phi) is 6.45. The number of nitrogens with zero attached hydrogens (tertiary/aromatic N) is 3. The Hall–Kier alpha value is -1.62. The number of hydrogen-bond donors (Lipinski definition) is 1. The van der Waals surface area contributed by atoms with Gasteiger partial charge in [0.15, 0.2) is 0 Å². The largest absolute Gasteiger partial charge is 0.383 e. The number of hydrogen-bond acceptors (Lipinski definition) is 4. The van der Waals surface area contributed by atoms with Crippen LogP contribution in [0.15, 0.2) is 18.3 Å². The van der Waals surface area contributed by atoms with Crippen molar-refractivity contribution in [1.82, 2.24) is 14.8 Å². The highest BCUT2D eigenvalue weighted by molar-refractivity contribution is 5.93. The van der Waals surface area contributed by atoms with Gasteiger partial charge in [-0.25, -0.2) is 0 Å². The van der Waals surface area contributed by atoms with E-state index in [1.165, 1.54) is 0 Å². The molecule has 1 amide bonds. The van der Waals surface area contributed by atoms with Crippen molar-refractivity contribution in [3.05, 3.63) is 24.0 Å². The summed E-state index contributed by atoms with van der Waals surface area (Å²) in [6, 6.07) is 4.13. The van der Waals surface area contributed by atoms with Gasteiger partial charge in [0.05, 0.1) is 0 Å². The van der Waals surface area contributed by atoms with Crippen molar-refractivity contribution in [3.8, 4) is 0 Å². The van der Waals surface area contributed by atoms with Crippen LogP contribution in [0.1, 0.15) is 31.3 Å². The summed E-state index contributed by atoms with van der Waals surface area (Å²) in [5.41, 5.74) is 1.43. The summed E-state index contributed by atoms with van der Waals surface area (Å²) in [6.07, 6.45) is 1.68. The zero-order valence-electron chi connectivity index (χ0n) is 13.2. The van der Waals surface area contributed by atoms with Crippen LogP contribution in [0.25, 0.3) is 0 Å². The average Bonchev–Trinajstić information content (AvgIpc) is 2.46. The molecule has 1 N–H and O–H groups in total. The fourth-order valence-corrected chi connectivity index (χ4v) is 1.78. The van der Waals surface area contributed by atoms with Crippen molar-refractivity contribution >= 4 is 11.6 Å². The van der Waals surface area contributed by atoms with E-state index in [1.54, 1.807) is 11.1 Å². The van der Waals surface area contributed by atoms with Crippen LogP contribution in [0.4, 0.5) is 5.69 Å². The van der Waals surface area contributed by atoms with Crippen molar-refractivity contribution in [2.45, 2.75) is 26.8 Å². The second-order valence-electron chi connectivity index (χ2n) is 5.10. The van der Waals surface area contributed by atoms with E-state index in [1.807, 2.05) is 40.1 Å². The maximum atomic E-state index is 12.2. The van der Waals surface area contributed by atoms with Crippen LogP contribution in [0.3, 0.4) is 0 Å². The predicted molar refractivity (Wildman–Crippen MR) is 83.1 cm³/mol. The molecule has 5 heteroatoms. The van der Waals surface area contributed by atoms with Gasteiger partial charge in [-0.2, -0.15) is 0 Å². The van der Waals surface area contributed by atoms with Crippen molar-refractivity contribution < 1.29 is 4.79 Å². The molecular formula is C15H26N4O. The Balaban J connectivity index is 2.73. The van der Waals surface area contributed by atoms with Crippen LogP contribution in [0.2, 0.25) is 0 Å². The van der Waals surface area contributed by atoms with E-state index >= 15 is 0 Å². The standard InChI is InChI=1S/C15H26N4O/c1-6-19(7-2)15(20)14-10-13(8-9-16-14)17-11-12(3)18(4)5/h8-10,12H,6-7,11H2,1-5H3,(H,16,17). The Morgan fingerprint density at radius 3 is 2.55 bits per heavy atom. The van der Waals surface area contributed by atoms with Gasteiger partial charge in [0, 0.05) is 37.6 Å². The number of carbonyl (C=O) groups excluding carboxylic acids is 1. The van der Waals surface area contributed by atoms with Gasteiger partial charge in [0.1, 0.15) is 5.69 Å². The second-order valence-corrected chi connectivity index (χ2v) is 5.10. The fourth-order valence-electron chi connectivity index (χ4n) is 1.78. The van der Waals surface area contributed by atoms with Gasteiger partial charge < -0.3 is 15.1 Å². The fraction of sp³-hybridized carbons (Fsp3) is 0.600. The first-order chi connectivity index (χ1) is 9.49. The molecule has 0 saturated carbocycles. The minimum absolute atomic E-state index is 0.0145. The lowest BCUT2D eigenvalue weighted by Crippen LogP contribution is -2.32. The SMILES string of the molecule is CCN(CC)C(=O)c1cc(NCC(C)N(C)C)ccn1. The molecule has 0 spiro atoms. The third-order valence-corrected chi connectivity index (χ3v) is 3.51. The number of nitrogens with one attached hydrogen (secondary N) is 1. The molecule has 0 bridgehead atoms. The van der Waals surface area contributed by atoms with Crippen LogP contribution >= 0.6 is 0 Å². The molecule has 112 valence electrons. The van der Waals surface area contributed by atoms with E-state index in [0.717, 1.165) is 12.2 Å². The molecular weight excluding hydrogens is 252 g/mol. The molecule has 0 fully saturated rings. The smallest absolute Gasteiger partial charge is 0.272 e. The minimum Gasteiger partial charge on any atom is -0.383 e. The number of anilines is 1. The molecule has 0 aliphatic carbocycles. The molecule has 0 radical (unpaired) electrons. The summed E-state index contributed by atoms with van der Waals surface area (Å²) in [4.78, 5) is 20.3. The minimum atomic E-state index is -0.0145. The molecule has 20 heavy (non-hydrogen) atoms. The highest BCUT2D eigenvalue weighted by Crippen LogP contribution is 2.10. The summed E-state index contributed by atoms with van der Waals surface area (Å²) >= 11 is 0. The van der Waals surface area contributed by atoms with E-state index in [4.69, 9.17) is 0 Å². The molecule has 1 aromatic rings. The first-order valence-electron chi connectivity index (χ1n) is 7.15. The highest BCUT2D eigenvalue weighted by Gasteiger charge is 2.14. The Bertz CT molecular complexity index is 430. The summed E-state index contributed by atoms with van der Waals surface area (Å²) < 4.78 is 0.